The van der Waals surface area contributed by atoms with E-state index in [2.05, 4.69) is 48.1 Å². The zero-order chi connectivity index (χ0) is 13.9. The normalized spacial score (nSPS) is 20.6. The molecule has 1 saturated heterocycles. The van der Waals surface area contributed by atoms with Crippen molar-refractivity contribution in [2.75, 3.05) is 38.2 Å². The Morgan fingerprint density at radius 1 is 1.42 bits per heavy atom. The number of hydrogen-bond donors (Lipinski definition) is 1. The molecule has 1 aliphatic rings. The lowest BCUT2D eigenvalue weighted by molar-refractivity contribution is 0.0419. The summed E-state index contributed by atoms with van der Waals surface area (Å²) in [5.41, 5.74) is 1.43. The predicted molar refractivity (Wildman–Crippen MR) is 78.8 cm³/mol. The van der Waals surface area contributed by atoms with Gasteiger partial charge in [-0.3, -0.25) is 0 Å². The van der Waals surface area contributed by atoms with Gasteiger partial charge >= 0.3 is 0 Å². The van der Waals surface area contributed by atoms with Crippen LogP contribution in [-0.4, -0.2) is 44.4 Å². The molecule has 1 N–H and O–H groups in total. The van der Waals surface area contributed by atoms with E-state index >= 15 is 0 Å². The SMILES string of the molecule is CNCC1CN(c2ccc(C(C)(C)C)cn2)CCO1. The average Bonchev–Trinajstić information content (AvgIpc) is 2.39. The third-order valence-electron chi connectivity index (χ3n) is 3.51. The van der Waals surface area contributed by atoms with Crippen LogP contribution < -0.4 is 10.2 Å². The number of nitrogens with one attached hydrogen (secondary N) is 1. The van der Waals surface area contributed by atoms with Crippen molar-refractivity contribution in [2.24, 2.45) is 0 Å². The molecule has 0 bridgehead atoms. The van der Waals surface area contributed by atoms with E-state index in [4.69, 9.17) is 4.74 Å². The minimum atomic E-state index is 0.158. The summed E-state index contributed by atoms with van der Waals surface area (Å²) < 4.78 is 5.72. The van der Waals surface area contributed by atoms with E-state index in [1.54, 1.807) is 0 Å². The minimum Gasteiger partial charge on any atom is -0.373 e. The largest absolute Gasteiger partial charge is 0.373 e. The Bertz CT molecular complexity index is 395. The maximum absolute atomic E-state index is 5.72. The quantitative estimate of drug-likeness (QED) is 0.902. The summed E-state index contributed by atoms with van der Waals surface area (Å²) in [7, 11) is 1.96. The maximum Gasteiger partial charge on any atom is 0.128 e. The molecule has 106 valence electrons. The van der Waals surface area contributed by atoms with Gasteiger partial charge in [0.2, 0.25) is 0 Å². The van der Waals surface area contributed by atoms with E-state index < -0.39 is 0 Å². The van der Waals surface area contributed by atoms with E-state index in [1.165, 1.54) is 5.56 Å². The van der Waals surface area contributed by atoms with E-state index in [1.807, 2.05) is 13.2 Å². The van der Waals surface area contributed by atoms with Crippen LogP contribution in [0.5, 0.6) is 0 Å². The van der Waals surface area contributed by atoms with Crippen molar-refractivity contribution in [1.29, 1.82) is 0 Å². The van der Waals surface area contributed by atoms with E-state index in [-0.39, 0.29) is 11.5 Å². The fourth-order valence-electron chi connectivity index (χ4n) is 2.30. The number of pyridine rings is 1. The number of anilines is 1. The number of morpholine rings is 1. The molecule has 0 amide bonds. The summed E-state index contributed by atoms with van der Waals surface area (Å²) in [6, 6.07) is 4.31. The van der Waals surface area contributed by atoms with Crippen molar-refractivity contribution < 1.29 is 4.74 Å². The van der Waals surface area contributed by atoms with E-state index in [9.17, 15) is 0 Å². The highest BCUT2D eigenvalue weighted by atomic mass is 16.5. The molecular weight excluding hydrogens is 238 g/mol. The van der Waals surface area contributed by atoms with E-state index in [0.717, 1.165) is 32.1 Å². The molecule has 1 aliphatic heterocycles. The van der Waals surface area contributed by atoms with Crippen molar-refractivity contribution in [3.05, 3.63) is 23.9 Å². The monoisotopic (exact) mass is 263 g/mol. The van der Waals surface area contributed by atoms with Crippen LogP contribution in [-0.2, 0) is 10.2 Å². The summed E-state index contributed by atoms with van der Waals surface area (Å²) in [6.07, 6.45) is 2.25. The fourth-order valence-corrected chi connectivity index (χ4v) is 2.30. The summed E-state index contributed by atoms with van der Waals surface area (Å²) in [5.74, 6) is 1.05. The van der Waals surface area contributed by atoms with Crippen LogP contribution in [0.25, 0.3) is 0 Å². The minimum absolute atomic E-state index is 0.158. The molecule has 19 heavy (non-hydrogen) atoms. The first-order valence-corrected chi connectivity index (χ1v) is 6.98. The number of ether oxygens (including phenoxy) is 1. The van der Waals surface area contributed by atoms with Gasteiger partial charge < -0.3 is 15.0 Å². The van der Waals surface area contributed by atoms with Crippen LogP contribution in [0, 0.1) is 0 Å². The van der Waals surface area contributed by atoms with Crippen LogP contribution in [0.1, 0.15) is 26.3 Å². The molecule has 1 aromatic rings. The molecule has 4 nitrogen and oxygen atoms in total. The highest BCUT2D eigenvalue weighted by Crippen LogP contribution is 2.23. The zero-order valence-corrected chi connectivity index (χ0v) is 12.4. The van der Waals surface area contributed by atoms with Crippen LogP contribution >= 0.6 is 0 Å². The van der Waals surface area contributed by atoms with Gasteiger partial charge in [-0.25, -0.2) is 4.98 Å². The third kappa shape index (κ3) is 3.67. The third-order valence-corrected chi connectivity index (χ3v) is 3.51. The number of nitrogens with zero attached hydrogens (tertiary/aromatic N) is 2. The van der Waals surface area contributed by atoms with Gasteiger partial charge in [-0.05, 0) is 24.1 Å². The number of hydrogen-bond acceptors (Lipinski definition) is 4. The van der Waals surface area contributed by atoms with Gasteiger partial charge in [0.1, 0.15) is 5.82 Å². The average molecular weight is 263 g/mol. The standard InChI is InChI=1S/C15H25N3O/c1-15(2,3)12-5-6-14(17-9-12)18-7-8-19-13(11-18)10-16-4/h5-6,9,13,16H,7-8,10-11H2,1-4H3. The molecule has 1 fully saturated rings. The Morgan fingerprint density at radius 3 is 2.79 bits per heavy atom. The highest BCUT2D eigenvalue weighted by molar-refractivity contribution is 5.41. The molecule has 0 aromatic carbocycles. The summed E-state index contributed by atoms with van der Waals surface area (Å²) in [6.45, 7) is 10.1. The molecule has 2 rings (SSSR count). The van der Waals surface area contributed by atoms with Crippen molar-refractivity contribution in [3.8, 4) is 0 Å². The first kappa shape index (κ1) is 14.3. The van der Waals surface area contributed by atoms with E-state index in [0.29, 0.717) is 0 Å². The zero-order valence-electron chi connectivity index (χ0n) is 12.4. The Labute approximate surface area is 116 Å². The summed E-state index contributed by atoms with van der Waals surface area (Å²) >= 11 is 0. The van der Waals surface area contributed by atoms with Gasteiger partial charge in [-0.2, -0.15) is 0 Å². The molecule has 1 unspecified atom stereocenters. The molecule has 0 saturated carbocycles. The van der Waals surface area contributed by atoms with Gasteiger partial charge in [0.05, 0.1) is 12.7 Å². The Balaban J connectivity index is 2.05. The topological polar surface area (TPSA) is 37.4 Å². The van der Waals surface area contributed by atoms with Crippen molar-refractivity contribution >= 4 is 5.82 Å². The number of likely N-dealkylation sites (N-methyl/N-ethyl adjacent to an activating group) is 1. The predicted octanol–water partition coefficient (Wildman–Crippen LogP) is 1.80. The second-order valence-corrected chi connectivity index (χ2v) is 6.15. The Morgan fingerprint density at radius 2 is 2.21 bits per heavy atom. The van der Waals surface area contributed by atoms with Crippen molar-refractivity contribution in [2.45, 2.75) is 32.3 Å². The van der Waals surface area contributed by atoms with Crippen LogP contribution in [0.4, 0.5) is 5.82 Å². The second-order valence-electron chi connectivity index (χ2n) is 6.15. The number of rotatable bonds is 3. The lowest BCUT2D eigenvalue weighted by Crippen LogP contribution is -2.46. The molecule has 2 heterocycles. The summed E-state index contributed by atoms with van der Waals surface area (Å²) in [5, 5.41) is 3.17. The molecule has 4 heteroatoms. The van der Waals surface area contributed by atoms with Crippen LogP contribution in [0.3, 0.4) is 0 Å². The van der Waals surface area contributed by atoms with Gasteiger partial charge in [-0.1, -0.05) is 26.8 Å². The molecule has 1 atom stereocenters. The smallest absolute Gasteiger partial charge is 0.128 e. The number of aromatic nitrogens is 1. The van der Waals surface area contributed by atoms with Crippen molar-refractivity contribution in [3.63, 3.8) is 0 Å². The molecule has 0 aliphatic carbocycles. The Hall–Kier alpha value is -1.13. The first-order chi connectivity index (χ1) is 9.00. The lowest BCUT2D eigenvalue weighted by atomic mass is 9.88. The van der Waals surface area contributed by atoms with Gasteiger partial charge in [0.15, 0.2) is 0 Å². The fraction of sp³-hybridized carbons (Fsp3) is 0.667. The van der Waals surface area contributed by atoms with Gasteiger partial charge in [0.25, 0.3) is 0 Å². The molecule has 0 radical (unpaired) electrons. The maximum atomic E-state index is 5.72. The first-order valence-electron chi connectivity index (χ1n) is 6.98. The van der Waals surface area contributed by atoms with Crippen LogP contribution in [0.15, 0.2) is 18.3 Å². The molecule has 0 spiro atoms. The van der Waals surface area contributed by atoms with Crippen molar-refractivity contribution in [1.82, 2.24) is 10.3 Å². The van der Waals surface area contributed by atoms with Crippen LogP contribution in [0.2, 0.25) is 0 Å². The highest BCUT2D eigenvalue weighted by Gasteiger charge is 2.21. The Kier molecular flexibility index (Phi) is 4.42. The van der Waals surface area contributed by atoms with Gasteiger partial charge in [-0.15, -0.1) is 0 Å². The summed E-state index contributed by atoms with van der Waals surface area (Å²) in [4.78, 5) is 6.92. The molecular formula is C15H25N3O. The van der Waals surface area contributed by atoms with Gasteiger partial charge in [0, 0.05) is 25.8 Å². The molecule has 1 aromatic heterocycles. The lowest BCUT2D eigenvalue weighted by Gasteiger charge is -2.34. The second kappa shape index (κ2) is 5.88.